The Morgan fingerprint density at radius 1 is 1.24 bits per heavy atom. The number of nitrogens with one attached hydrogen (secondary N) is 1. The molecule has 0 heterocycles. The quantitative estimate of drug-likeness (QED) is 0.667. The van der Waals surface area contributed by atoms with Crippen LogP contribution < -0.4 is 10.1 Å². The van der Waals surface area contributed by atoms with Crippen molar-refractivity contribution < 1.29 is 23.4 Å². The van der Waals surface area contributed by atoms with Gasteiger partial charge in [-0.25, -0.2) is 4.39 Å². The molecule has 0 aromatic heterocycles. The lowest BCUT2D eigenvalue weighted by molar-refractivity contribution is -0.108. The van der Waals surface area contributed by atoms with E-state index in [1.165, 1.54) is 27.4 Å². The van der Waals surface area contributed by atoms with Crippen LogP contribution in [-0.4, -0.2) is 27.2 Å². The van der Waals surface area contributed by atoms with Crippen LogP contribution in [0.4, 0.5) is 10.1 Å². The molecular weight excluding hydrogens is 417 g/mol. The number of carbonyl (C=O) groups is 1. The summed E-state index contributed by atoms with van der Waals surface area (Å²) >= 11 is 9.40. The number of methoxy groups -OCH3 is 3. The highest BCUT2D eigenvalue weighted by Gasteiger charge is 2.23. The second-order valence-corrected chi connectivity index (χ2v) is 6.17. The highest BCUT2D eigenvalue weighted by Crippen LogP contribution is 2.33. The maximum absolute atomic E-state index is 14.5. The van der Waals surface area contributed by atoms with Crippen LogP contribution >= 0.6 is 27.5 Å². The van der Waals surface area contributed by atoms with E-state index in [2.05, 4.69) is 21.2 Å². The van der Waals surface area contributed by atoms with E-state index in [1.54, 1.807) is 18.2 Å². The topological polar surface area (TPSA) is 56.8 Å². The Morgan fingerprint density at radius 2 is 1.92 bits per heavy atom. The maximum atomic E-state index is 14.5. The summed E-state index contributed by atoms with van der Waals surface area (Å²) in [5.41, 5.74) is 0.542. The van der Waals surface area contributed by atoms with Gasteiger partial charge in [0.1, 0.15) is 11.6 Å². The van der Waals surface area contributed by atoms with Crippen LogP contribution in [0.25, 0.3) is 0 Å². The second-order valence-electron chi connectivity index (χ2n) is 4.93. The van der Waals surface area contributed by atoms with Crippen LogP contribution in [0.5, 0.6) is 5.75 Å². The summed E-state index contributed by atoms with van der Waals surface area (Å²) < 4.78 is 30.5. The lowest BCUT2D eigenvalue weighted by Gasteiger charge is -2.18. The number of anilines is 1. The first-order valence-corrected chi connectivity index (χ1v) is 8.28. The summed E-state index contributed by atoms with van der Waals surface area (Å²) in [6.07, 6.45) is -0.952. The Labute approximate surface area is 158 Å². The van der Waals surface area contributed by atoms with Crippen molar-refractivity contribution in [2.24, 2.45) is 0 Å². The summed E-state index contributed by atoms with van der Waals surface area (Å²) in [5.74, 6) is -1.08. The van der Waals surface area contributed by atoms with Crippen LogP contribution in [-0.2, 0) is 9.47 Å². The summed E-state index contributed by atoms with van der Waals surface area (Å²) in [7, 11) is 4.12. The van der Waals surface area contributed by atoms with E-state index in [9.17, 15) is 9.18 Å². The van der Waals surface area contributed by atoms with Crippen LogP contribution in [0.2, 0.25) is 5.02 Å². The molecule has 1 N–H and O–H groups in total. The largest absolute Gasteiger partial charge is 0.496 e. The minimum atomic E-state index is -0.952. The molecule has 5 nitrogen and oxygen atoms in total. The van der Waals surface area contributed by atoms with E-state index in [0.29, 0.717) is 15.2 Å². The molecule has 134 valence electrons. The van der Waals surface area contributed by atoms with Crippen LogP contribution in [0, 0.1) is 5.82 Å². The minimum Gasteiger partial charge on any atom is -0.496 e. The standard InChI is InChI=1S/C17H16BrClFNO4/c1-23-13-8-9(7-11(20)14(13)17(24-2)25-3)16(22)21-12-6-4-5-10(18)15(12)19/h4-8,17H,1-3H3,(H,21,22). The molecule has 0 aliphatic heterocycles. The molecular formula is C17H16BrClFNO4. The second kappa shape index (κ2) is 8.62. The maximum Gasteiger partial charge on any atom is 0.255 e. The predicted molar refractivity (Wildman–Crippen MR) is 96.8 cm³/mol. The molecule has 0 saturated carbocycles. The van der Waals surface area contributed by atoms with E-state index in [4.69, 9.17) is 25.8 Å². The fraction of sp³-hybridized carbons (Fsp3) is 0.235. The van der Waals surface area contributed by atoms with Crippen LogP contribution in [0.3, 0.4) is 0 Å². The van der Waals surface area contributed by atoms with Gasteiger partial charge in [0, 0.05) is 24.3 Å². The zero-order valence-electron chi connectivity index (χ0n) is 13.7. The third-order valence-corrected chi connectivity index (χ3v) is 4.73. The number of benzene rings is 2. The van der Waals surface area contributed by atoms with E-state index in [0.717, 1.165) is 6.07 Å². The van der Waals surface area contributed by atoms with E-state index < -0.39 is 18.0 Å². The molecule has 0 atom stereocenters. The Morgan fingerprint density at radius 3 is 2.52 bits per heavy atom. The van der Waals surface area contributed by atoms with Crippen molar-refractivity contribution in [3.8, 4) is 5.75 Å². The summed E-state index contributed by atoms with van der Waals surface area (Å²) in [5, 5.41) is 2.98. The Balaban J connectivity index is 2.38. The molecule has 0 fully saturated rings. The molecule has 0 aliphatic carbocycles. The van der Waals surface area contributed by atoms with Crippen molar-refractivity contribution in [2.75, 3.05) is 26.6 Å². The Kier molecular flexibility index (Phi) is 6.78. The van der Waals surface area contributed by atoms with E-state index >= 15 is 0 Å². The van der Waals surface area contributed by atoms with Gasteiger partial charge in [-0.15, -0.1) is 0 Å². The fourth-order valence-electron chi connectivity index (χ4n) is 2.25. The van der Waals surface area contributed by atoms with Gasteiger partial charge < -0.3 is 19.5 Å². The average Bonchev–Trinajstić information content (AvgIpc) is 2.60. The number of carbonyl (C=O) groups excluding carboxylic acids is 1. The lowest BCUT2D eigenvalue weighted by atomic mass is 10.1. The molecule has 0 bridgehead atoms. The average molecular weight is 433 g/mol. The molecule has 0 saturated heterocycles. The monoisotopic (exact) mass is 431 g/mol. The SMILES string of the molecule is COc1cc(C(=O)Nc2cccc(Br)c2Cl)cc(F)c1C(OC)OC. The van der Waals surface area contributed by atoms with Gasteiger partial charge in [0.2, 0.25) is 0 Å². The number of hydrogen-bond donors (Lipinski definition) is 1. The number of amides is 1. The molecule has 0 spiro atoms. The summed E-state index contributed by atoms with van der Waals surface area (Å²) in [6, 6.07) is 7.59. The van der Waals surface area contributed by atoms with Gasteiger partial charge in [-0.05, 0) is 40.2 Å². The third kappa shape index (κ3) is 4.30. The number of ether oxygens (including phenoxy) is 3. The minimum absolute atomic E-state index is 0.0695. The van der Waals surface area contributed by atoms with Crippen molar-refractivity contribution >= 4 is 39.1 Å². The van der Waals surface area contributed by atoms with E-state index in [-0.39, 0.29) is 16.9 Å². The zero-order chi connectivity index (χ0) is 18.6. The van der Waals surface area contributed by atoms with Crippen molar-refractivity contribution in [2.45, 2.75) is 6.29 Å². The van der Waals surface area contributed by atoms with Crippen LogP contribution in [0.15, 0.2) is 34.8 Å². The molecule has 8 heteroatoms. The van der Waals surface area contributed by atoms with Gasteiger partial charge in [-0.3, -0.25) is 4.79 Å². The van der Waals surface area contributed by atoms with Gasteiger partial charge in [-0.2, -0.15) is 0 Å². The van der Waals surface area contributed by atoms with Gasteiger partial charge in [0.25, 0.3) is 5.91 Å². The smallest absolute Gasteiger partial charge is 0.255 e. The summed E-state index contributed by atoms with van der Waals surface area (Å²) in [6.45, 7) is 0. The molecule has 0 radical (unpaired) electrons. The Hall–Kier alpha value is -1.67. The third-order valence-electron chi connectivity index (χ3n) is 3.44. The molecule has 2 aromatic rings. The van der Waals surface area contributed by atoms with Crippen LogP contribution in [0.1, 0.15) is 22.2 Å². The van der Waals surface area contributed by atoms with Gasteiger partial charge in [-0.1, -0.05) is 17.7 Å². The zero-order valence-corrected chi connectivity index (χ0v) is 16.1. The number of hydrogen-bond acceptors (Lipinski definition) is 4. The van der Waals surface area contributed by atoms with Gasteiger partial charge in [0.05, 0.1) is 23.4 Å². The summed E-state index contributed by atoms with van der Waals surface area (Å²) in [4.78, 5) is 12.4. The molecule has 2 aromatic carbocycles. The van der Waals surface area contributed by atoms with Crippen molar-refractivity contribution in [1.29, 1.82) is 0 Å². The first kappa shape index (κ1) is 19.7. The molecule has 25 heavy (non-hydrogen) atoms. The molecule has 1 amide bonds. The fourth-order valence-corrected chi connectivity index (χ4v) is 2.79. The van der Waals surface area contributed by atoms with E-state index in [1.807, 2.05) is 0 Å². The predicted octanol–water partition coefficient (Wildman–Crippen LogP) is 4.79. The van der Waals surface area contributed by atoms with Crippen molar-refractivity contribution in [3.05, 3.63) is 56.8 Å². The molecule has 0 aliphatic rings. The van der Waals surface area contributed by atoms with Gasteiger partial charge >= 0.3 is 0 Å². The van der Waals surface area contributed by atoms with Crippen molar-refractivity contribution in [3.63, 3.8) is 0 Å². The highest BCUT2D eigenvalue weighted by atomic mass is 79.9. The number of rotatable bonds is 6. The first-order valence-electron chi connectivity index (χ1n) is 7.11. The Bertz CT molecular complexity index is 783. The molecule has 2 rings (SSSR count). The highest BCUT2D eigenvalue weighted by molar-refractivity contribution is 9.10. The normalized spacial score (nSPS) is 10.8. The van der Waals surface area contributed by atoms with Gasteiger partial charge in [0.15, 0.2) is 6.29 Å². The van der Waals surface area contributed by atoms with Crippen molar-refractivity contribution in [1.82, 2.24) is 0 Å². The molecule has 0 unspecified atom stereocenters. The lowest BCUT2D eigenvalue weighted by Crippen LogP contribution is -2.15. The number of halogens is 3. The first-order chi connectivity index (χ1) is 11.9.